The van der Waals surface area contributed by atoms with Crippen LogP contribution in [0.25, 0.3) is 33.4 Å². The molecule has 2 aromatic carbocycles. The van der Waals surface area contributed by atoms with Crippen LogP contribution in [0, 0.1) is 13.8 Å². The standard InChI is InChI=1S/C44H61N5O5/c1-8-45-37-27-39-35(24-30(37)5)41(36-25-31(6)38(46-9-2)28-40(36)54-39)33-21-20-32(26-34(33)43(51)53-7)42(50)47-22-18-16-14-12-10-11-13-15-17-19-23-48-44(52)49-29(3)4/h20-21,24-29,45H,8-19,22-23H2,1-7H3,(H,47,50)(H2,48,49,52). The van der Waals surface area contributed by atoms with Gasteiger partial charge in [-0.25, -0.2) is 9.59 Å². The quantitative estimate of drug-likeness (QED) is 0.0406. The molecule has 0 atom stereocenters. The minimum atomic E-state index is -0.514. The Morgan fingerprint density at radius 3 is 2.04 bits per heavy atom. The van der Waals surface area contributed by atoms with Gasteiger partial charge in [0.1, 0.15) is 11.3 Å². The summed E-state index contributed by atoms with van der Waals surface area (Å²) < 4.78 is 11.8. The first-order chi connectivity index (χ1) is 26.1. The average Bonchev–Trinajstić information content (AvgIpc) is 3.14. The van der Waals surface area contributed by atoms with Gasteiger partial charge in [-0.1, -0.05) is 57.4 Å². The summed E-state index contributed by atoms with van der Waals surface area (Å²) in [6, 6.07) is 13.5. The van der Waals surface area contributed by atoms with E-state index in [-0.39, 0.29) is 18.0 Å². The number of hydrogen-bond donors (Lipinski definition) is 4. The third-order valence-corrected chi connectivity index (χ3v) is 9.63. The van der Waals surface area contributed by atoms with Crippen LogP contribution in [0.2, 0.25) is 0 Å². The maximum Gasteiger partial charge on any atom is 0.338 e. The fraction of sp³-hybridized carbons (Fsp3) is 0.500. The van der Waals surface area contributed by atoms with Crippen LogP contribution in [0.3, 0.4) is 0 Å². The summed E-state index contributed by atoms with van der Waals surface area (Å²) in [5.74, 6) is -0.0683. The average molecular weight is 740 g/mol. The van der Waals surface area contributed by atoms with Crippen LogP contribution in [-0.2, 0) is 4.74 Å². The highest BCUT2D eigenvalue weighted by atomic mass is 16.5. The minimum Gasteiger partial charge on any atom is -0.465 e. The Hall–Kier alpha value is -4.86. The number of fused-ring (bicyclic) bond motifs is 2. The van der Waals surface area contributed by atoms with Crippen LogP contribution < -0.4 is 26.6 Å². The zero-order valence-corrected chi connectivity index (χ0v) is 33.5. The van der Waals surface area contributed by atoms with Gasteiger partial charge >= 0.3 is 12.0 Å². The molecule has 54 heavy (non-hydrogen) atoms. The van der Waals surface area contributed by atoms with Crippen LogP contribution in [0.5, 0.6) is 0 Å². The van der Waals surface area contributed by atoms with Crippen LogP contribution >= 0.6 is 0 Å². The SMILES string of the molecule is CCN=c1cc2oc3cc(NCC)c(C)cc3c(-c3ccc(C(=O)NCCCCCCCCCCCCNC(=O)NC(C)C)cc3C(=O)OC)c-2cc1C. The molecule has 10 nitrogen and oxygen atoms in total. The summed E-state index contributed by atoms with van der Waals surface area (Å²) in [5, 5.41) is 13.9. The Kier molecular flexibility index (Phi) is 16.4. The molecule has 10 heteroatoms. The normalized spacial score (nSPS) is 11.7. The number of nitrogens with zero attached hydrogens (tertiary/aromatic N) is 1. The van der Waals surface area contributed by atoms with Gasteiger partial charge in [0.05, 0.1) is 18.0 Å². The highest BCUT2D eigenvalue weighted by Crippen LogP contribution is 2.43. The van der Waals surface area contributed by atoms with Gasteiger partial charge in [-0.3, -0.25) is 9.79 Å². The van der Waals surface area contributed by atoms with Crippen LogP contribution in [0.1, 0.15) is 124 Å². The molecule has 4 rings (SSSR count). The molecule has 0 radical (unpaired) electrons. The maximum absolute atomic E-state index is 13.4. The second-order valence-corrected chi connectivity index (χ2v) is 14.4. The number of aryl methyl sites for hydroxylation is 2. The molecule has 0 unspecified atom stereocenters. The molecule has 1 heterocycles. The summed E-state index contributed by atoms with van der Waals surface area (Å²) in [5.41, 5.74) is 6.80. The molecule has 4 N–H and O–H groups in total. The maximum atomic E-state index is 13.4. The number of ether oxygens (including phenoxy) is 1. The molecule has 3 amide bonds. The van der Waals surface area contributed by atoms with E-state index in [0.29, 0.717) is 41.1 Å². The number of unbranched alkanes of at least 4 members (excludes halogenated alkanes) is 9. The third-order valence-electron chi connectivity index (χ3n) is 9.63. The lowest BCUT2D eigenvalue weighted by Gasteiger charge is -2.20. The van der Waals surface area contributed by atoms with Crippen molar-refractivity contribution in [3.05, 3.63) is 70.1 Å². The second kappa shape index (κ2) is 21.1. The summed E-state index contributed by atoms with van der Waals surface area (Å²) in [7, 11) is 1.36. The number of benzene rings is 3. The van der Waals surface area contributed by atoms with Crippen LogP contribution in [-0.4, -0.2) is 57.2 Å². The number of nitrogens with one attached hydrogen (secondary N) is 4. The van der Waals surface area contributed by atoms with Crippen molar-refractivity contribution in [3.8, 4) is 22.5 Å². The van der Waals surface area contributed by atoms with E-state index in [4.69, 9.17) is 9.15 Å². The van der Waals surface area contributed by atoms with E-state index >= 15 is 0 Å². The molecule has 0 bridgehead atoms. The van der Waals surface area contributed by atoms with Crippen molar-refractivity contribution in [2.75, 3.05) is 38.6 Å². The molecule has 0 fully saturated rings. The van der Waals surface area contributed by atoms with Crippen molar-refractivity contribution in [1.29, 1.82) is 0 Å². The fourth-order valence-corrected chi connectivity index (χ4v) is 6.87. The van der Waals surface area contributed by atoms with Gasteiger partial charge in [0.25, 0.3) is 5.91 Å². The molecular weight excluding hydrogens is 679 g/mol. The molecule has 2 aromatic rings. The number of amides is 3. The lowest BCUT2D eigenvalue weighted by atomic mass is 9.88. The lowest BCUT2D eigenvalue weighted by Crippen LogP contribution is -2.39. The van der Waals surface area contributed by atoms with Gasteiger partial charge in [0.2, 0.25) is 0 Å². The summed E-state index contributed by atoms with van der Waals surface area (Å²) in [4.78, 5) is 43.0. The highest BCUT2D eigenvalue weighted by Gasteiger charge is 2.24. The molecular formula is C44H61N5O5. The largest absolute Gasteiger partial charge is 0.465 e. The van der Waals surface area contributed by atoms with Crippen molar-refractivity contribution in [3.63, 3.8) is 0 Å². The monoisotopic (exact) mass is 739 g/mol. The smallest absolute Gasteiger partial charge is 0.338 e. The van der Waals surface area contributed by atoms with E-state index in [9.17, 15) is 14.4 Å². The number of urea groups is 1. The summed E-state index contributed by atoms with van der Waals surface area (Å²) >= 11 is 0. The third kappa shape index (κ3) is 11.6. The minimum absolute atomic E-state index is 0.0860. The number of rotatable bonds is 20. The number of anilines is 1. The van der Waals surface area contributed by atoms with E-state index in [1.165, 1.54) is 39.2 Å². The first-order valence-corrected chi connectivity index (χ1v) is 19.9. The van der Waals surface area contributed by atoms with Crippen molar-refractivity contribution >= 4 is 34.6 Å². The van der Waals surface area contributed by atoms with Crippen molar-refractivity contribution in [2.24, 2.45) is 4.99 Å². The van der Waals surface area contributed by atoms with E-state index in [2.05, 4.69) is 52.2 Å². The van der Waals surface area contributed by atoms with Gasteiger partial charge in [0.15, 0.2) is 0 Å². The van der Waals surface area contributed by atoms with E-state index < -0.39 is 5.97 Å². The van der Waals surface area contributed by atoms with Gasteiger partial charge < -0.3 is 30.4 Å². The molecule has 1 aliphatic heterocycles. The van der Waals surface area contributed by atoms with Crippen LogP contribution in [0.4, 0.5) is 10.5 Å². The van der Waals surface area contributed by atoms with Gasteiger partial charge in [0, 0.05) is 72.1 Å². The molecule has 1 aliphatic carbocycles. The topological polar surface area (TPSA) is 134 Å². The molecule has 0 aromatic heterocycles. The van der Waals surface area contributed by atoms with E-state index in [1.807, 2.05) is 45.9 Å². The number of methoxy groups -OCH3 is 1. The zero-order valence-electron chi connectivity index (χ0n) is 33.5. The van der Waals surface area contributed by atoms with Crippen molar-refractivity contribution < 1.29 is 23.5 Å². The van der Waals surface area contributed by atoms with Crippen molar-refractivity contribution in [1.82, 2.24) is 16.0 Å². The summed E-state index contributed by atoms with van der Waals surface area (Å²) in [6.07, 6.45) is 11.3. The van der Waals surface area contributed by atoms with Gasteiger partial charge in [-0.2, -0.15) is 0 Å². The number of carbonyl (C=O) groups is 3. The molecule has 2 aliphatic rings. The zero-order chi connectivity index (χ0) is 39.0. The Labute approximate surface area is 321 Å². The Balaban J connectivity index is 1.38. The first-order valence-electron chi connectivity index (χ1n) is 19.9. The Bertz CT molecular complexity index is 1910. The van der Waals surface area contributed by atoms with E-state index in [1.54, 1.807) is 12.1 Å². The van der Waals surface area contributed by atoms with E-state index in [0.717, 1.165) is 83.9 Å². The Morgan fingerprint density at radius 2 is 1.43 bits per heavy atom. The highest BCUT2D eigenvalue weighted by molar-refractivity contribution is 6.10. The Morgan fingerprint density at radius 1 is 0.778 bits per heavy atom. The molecule has 0 saturated heterocycles. The van der Waals surface area contributed by atoms with Crippen LogP contribution in [0.15, 0.2) is 51.9 Å². The van der Waals surface area contributed by atoms with Gasteiger partial charge in [-0.15, -0.1) is 0 Å². The lowest BCUT2D eigenvalue weighted by molar-refractivity contribution is 0.0601. The number of esters is 1. The summed E-state index contributed by atoms with van der Waals surface area (Å²) in [6.45, 7) is 14.8. The molecule has 0 saturated carbocycles. The predicted molar refractivity (Wildman–Crippen MR) is 220 cm³/mol. The molecule has 0 spiro atoms. The first kappa shape index (κ1) is 41.9. The second-order valence-electron chi connectivity index (χ2n) is 14.4. The number of hydrogen-bond acceptors (Lipinski definition) is 7. The number of carbonyl (C=O) groups excluding carboxylic acids is 3. The fourth-order valence-electron chi connectivity index (χ4n) is 6.87. The molecule has 292 valence electrons. The van der Waals surface area contributed by atoms with Crippen molar-refractivity contribution in [2.45, 2.75) is 112 Å². The van der Waals surface area contributed by atoms with Gasteiger partial charge in [-0.05, 0) is 95.3 Å². The predicted octanol–water partition coefficient (Wildman–Crippen LogP) is 9.30.